The van der Waals surface area contributed by atoms with E-state index in [-0.39, 0.29) is 11.4 Å². The largest absolute Gasteiger partial charge is 0.376 e. The highest BCUT2D eigenvalue weighted by atomic mass is 16.6. The summed E-state index contributed by atoms with van der Waals surface area (Å²) in [6.07, 6.45) is 0. The molecule has 110 valence electrons. The number of nitrogens with one attached hydrogen (secondary N) is 2. The number of nitrogens with zero attached hydrogens (tertiary/aromatic N) is 2. The molecule has 0 aromatic heterocycles. The highest BCUT2D eigenvalue weighted by Crippen LogP contribution is 2.36. The van der Waals surface area contributed by atoms with Crippen LogP contribution in [0.15, 0.2) is 42.5 Å². The van der Waals surface area contributed by atoms with E-state index in [0.29, 0.717) is 5.69 Å². The molecule has 2 aromatic rings. The molecule has 0 aliphatic heterocycles. The lowest BCUT2D eigenvalue weighted by atomic mass is 10.2. The van der Waals surface area contributed by atoms with Gasteiger partial charge in [-0.25, -0.2) is 0 Å². The predicted molar refractivity (Wildman–Crippen MR) is 85.0 cm³/mol. The van der Waals surface area contributed by atoms with Crippen molar-refractivity contribution < 1.29 is 4.92 Å². The smallest absolute Gasteiger partial charge is 0.316 e. The number of hydrogen-bond acceptors (Lipinski definition) is 6. The topological polar surface area (TPSA) is 96.5 Å². The molecule has 21 heavy (non-hydrogen) atoms. The summed E-state index contributed by atoms with van der Waals surface area (Å²) < 4.78 is 0. The average molecular weight is 287 g/mol. The van der Waals surface area contributed by atoms with E-state index in [4.69, 9.17) is 5.84 Å². The SMILES string of the molecule is CN(C)c1ccccc1Nc1cccc(NN)c1[N+](=O)[O-]. The molecular weight excluding hydrogens is 270 g/mol. The van der Waals surface area contributed by atoms with Crippen LogP contribution in [0, 0.1) is 10.1 Å². The minimum absolute atomic E-state index is 0.0893. The second-order valence-corrected chi connectivity index (χ2v) is 4.64. The number of benzene rings is 2. The zero-order chi connectivity index (χ0) is 15.4. The van der Waals surface area contributed by atoms with E-state index in [2.05, 4.69) is 10.7 Å². The van der Waals surface area contributed by atoms with Crippen LogP contribution >= 0.6 is 0 Å². The van der Waals surface area contributed by atoms with Gasteiger partial charge < -0.3 is 15.6 Å². The first kappa shape index (κ1) is 14.6. The van der Waals surface area contributed by atoms with Crippen molar-refractivity contribution in [1.82, 2.24) is 0 Å². The van der Waals surface area contributed by atoms with Gasteiger partial charge in [-0.3, -0.25) is 16.0 Å². The van der Waals surface area contributed by atoms with Crippen LogP contribution in [-0.2, 0) is 0 Å². The van der Waals surface area contributed by atoms with Gasteiger partial charge >= 0.3 is 5.69 Å². The Morgan fingerprint density at radius 3 is 2.29 bits per heavy atom. The van der Waals surface area contributed by atoms with Gasteiger partial charge in [-0.05, 0) is 24.3 Å². The van der Waals surface area contributed by atoms with Crippen LogP contribution < -0.4 is 21.5 Å². The summed E-state index contributed by atoms with van der Waals surface area (Å²) in [4.78, 5) is 12.7. The van der Waals surface area contributed by atoms with Crippen molar-refractivity contribution in [3.05, 3.63) is 52.6 Å². The van der Waals surface area contributed by atoms with E-state index in [1.807, 2.05) is 43.3 Å². The van der Waals surface area contributed by atoms with Crippen LogP contribution in [0.5, 0.6) is 0 Å². The maximum atomic E-state index is 11.3. The third-order valence-electron chi connectivity index (χ3n) is 3.03. The van der Waals surface area contributed by atoms with Gasteiger partial charge in [-0.15, -0.1) is 0 Å². The fourth-order valence-electron chi connectivity index (χ4n) is 2.07. The molecule has 0 spiro atoms. The van der Waals surface area contributed by atoms with Gasteiger partial charge in [0.2, 0.25) is 0 Å². The van der Waals surface area contributed by atoms with Crippen LogP contribution in [0.25, 0.3) is 0 Å². The van der Waals surface area contributed by atoms with Crippen molar-refractivity contribution in [3.8, 4) is 0 Å². The van der Waals surface area contributed by atoms with Crippen LogP contribution in [0.4, 0.5) is 28.4 Å². The zero-order valence-electron chi connectivity index (χ0n) is 11.8. The van der Waals surface area contributed by atoms with E-state index in [1.54, 1.807) is 18.2 Å². The Labute approximate surface area is 122 Å². The van der Waals surface area contributed by atoms with Crippen molar-refractivity contribution in [1.29, 1.82) is 0 Å². The molecule has 0 saturated carbocycles. The lowest BCUT2D eigenvalue weighted by Crippen LogP contribution is -2.12. The molecule has 0 saturated heterocycles. The summed E-state index contributed by atoms with van der Waals surface area (Å²) in [5.74, 6) is 5.34. The quantitative estimate of drug-likeness (QED) is 0.444. The molecule has 0 fully saturated rings. The van der Waals surface area contributed by atoms with Crippen LogP contribution in [0.2, 0.25) is 0 Å². The standard InChI is InChI=1S/C14H17N5O2/c1-18(2)13-9-4-3-6-10(13)16-11-7-5-8-12(17-15)14(11)19(20)21/h3-9,16-17H,15H2,1-2H3. The number of nitrogen functional groups attached to an aromatic ring is 1. The van der Waals surface area contributed by atoms with Crippen LogP contribution in [0.1, 0.15) is 0 Å². The number of nitro groups is 1. The molecule has 0 unspecified atom stereocenters. The Bertz CT molecular complexity index is 658. The second-order valence-electron chi connectivity index (χ2n) is 4.64. The summed E-state index contributed by atoms with van der Waals surface area (Å²) in [7, 11) is 3.82. The lowest BCUT2D eigenvalue weighted by Gasteiger charge is -2.18. The second kappa shape index (κ2) is 6.10. The summed E-state index contributed by atoms with van der Waals surface area (Å²) in [5.41, 5.74) is 4.60. The van der Waals surface area contributed by atoms with E-state index in [1.165, 1.54) is 0 Å². The number of hydrazine groups is 1. The first-order valence-electron chi connectivity index (χ1n) is 6.32. The molecule has 7 heteroatoms. The van der Waals surface area contributed by atoms with Gasteiger partial charge in [0.1, 0.15) is 11.4 Å². The Balaban J connectivity index is 2.48. The third-order valence-corrected chi connectivity index (χ3v) is 3.03. The number of hydrogen-bond donors (Lipinski definition) is 3. The minimum Gasteiger partial charge on any atom is -0.376 e. The molecule has 0 radical (unpaired) electrons. The van der Waals surface area contributed by atoms with Crippen molar-refractivity contribution in [2.75, 3.05) is 29.7 Å². The van der Waals surface area contributed by atoms with E-state index >= 15 is 0 Å². The third kappa shape index (κ3) is 3.03. The Morgan fingerprint density at radius 2 is 1.67 bits per heavy atom. The number of nitro benzene ring substituents is 1. The molecule has 2 aromatic carbocycles. The van der Waals surface area contributed by atoms with Gasteiger partial charge in [-0.1, -0.05) is 18.2 Å². The number of anilines is 4. The van der Waals surface area contributed by atoms with Crippen molar-refractivity contribution in [3.63, 3.8) is 0 Å². The van der Waals surface area contributed by atoms with Crippen molar-refractivity contribution in [2.24, 2.45) is 5.84 Å². The summed E-state index contributed by atoms with van der Waals surface area (Å²) in [6, 6.07) is 12.5. The molecule has 0 aliphatic carbocycles. The molecule has 4 N–H and O–H groups in total. The predicted octanol–water partition coefficient (Wildman–Crippen LogP) is 2.69. The van der Waals surface area contributed by atoms with Gasteiger partial charge in [-0.2, -0.15) is 0 Å². The van der Waals surface area contributed by atoms with E-state index in [0.717, 1.165) is 11.4 Å². The highest BCUT2D eigenvalue weighted by molar-refractivity contribution is 5.83. The van der Waals surface area contributed by atoms with Crippen LogP contribution in [-0.4, -0.2) is 19.0 Å². The van der Waals surface area contributed by atoms with Crippen molar-refractivity contribution in [2.45, 2.75) is 0 Å². The fourth-order valence-corrected chi connectivity index (χ4v) is 2.07. The Hall–Kier alpha value is -2.80. The van der Waals surface area contributed by atoms with Gasteiger partial charge in [0.25, 0.3) is 0 Å². The van der Waals surface area contributed by atoms with E-state index < -0.39 is 4.92 Å². The monoisotopic (exact) mass is 287 g/mol. The van der Waals surface area contributed by atoms with Crippen molar-refractivity contribution >= 4 is 28.4 Å². The molecule has 7 nitrogen and oxygen atoms in total. The number of rotatable bonds is 5. The summed E-state index contributed by atoms with van der Waals surface area (Å²) in [6.45, 7) is 0. The Kier molecular flexibility index (Phi) is 4.24. The van der Waals surface area contributed by atoms with Gasteiger partial charge in [0, 0.05) is 14.1 Å². The summed E-state index contributed by atoms with van der Waals surface area (Å²) in [5, 5.41) is 14.4. The zero-order valence-corrected chi connectivity index (χ0v) is 11.8. The molecular formula is C14H17N5O2. The lowest BCUT2D eigenvalue weighted by molar-refractivity contribution is -0.383. The first-order chi connectivity index (χ1) is 10.0. The number of nitrogens with two attached hydrogens (primary N) is 1. The molecule has 0 aliphatic rings. The Morgan fingerprint density at radius 1 is 1.05 bits per heavy atom. The summed E-state index contributed by atoms with van der Waals surface area (Å²) >= 11 is 0. The highest BCUT2D eigenvalue weighted by Gasteiger charge is 2.20. The normalized spacial score (nSPS) is 10.0. The molecule has 0 amide bonds. The van der Waals surface area contributed by atoms with Gasteiger partial charge in [0.15, 0.2) is 0 Å². The minimum atomic E-state index is -0.463. The first-order valence-corrected chi connectivity index (χ1v) is 6.32. The number of para-hydroxylation sites is 3. The average Bonchev–Trinajstić information content (AvgIpc) is 2.47. The molecule has 2 rings (SSSR count). The maximum absolute atomic E-state index is 11.3. The van der Waals surface area contributed by atoms with E-state index in [9.17, 15) is 10.1 Å². The fraction of sp³-hybridized carbons (Fsp3) is 0.143. The van der Waals surface area contributed by atoms with Crippen LogP contribution in [0.3, 0.4) is 0 Å². The molecule has 0 heterocycles. The maximum Gasteiger partial charge on any atom is 0.316 e. The molecule has 0 bridgehead atoms. The molecule has 0 atom stereocenters. The van der Waals surface area contributed by atoms with Gasteiger partial charge in [0.05, 0.1) is 16.3 Å².